The highest BCUT2D eigenvalue weighted by Gasteiger charge is 2.29. The van der Waals surface area contributed by atoms with E-state index in [0.29, 0.717) is 12.8 Å². The van der Waals surface area contributed by atoms with Gasteiger partial charge in [0.05, 0.1) is 25.4 Å². The molecule has 2 aromatic rings. The number of amides is 2. The van der Waals surface area contributed by atoms with Crippen LogP contribution >= 0.6 is 0 Å². The van der Waals surface area contributed by atoms with Crippen LogP contribution in [-0.4, -0.2) is 57.5 Å². The molecule has 0 bridgehead atoms. The first kappa shape index (κ1) is 22.5. The average Bonchev–Trinajstić information content (AvgIpc) is 2.73. The molecule has 1 aromatic heterocycles. The monoisotopic (exact) mass is 400 g/mol. The zero-order valence-corrected chi connectivity index (χ0v) is 16.2. The van der Waals surface area contributed by atoms with E-state index in [2.05, 4.69) is 20.6 Å². The van der Waals surface area contributed by atoms with Gasteiger partial charge in [0, 0.05) is 12.4 Å². The summed E-state index contributed by atoms with van der Waals surface area (Å²) in [4.78, 5) is 32.6. The number of aromatic nitrogens is 2. The Labute approximate surface area is 169 Å². The Balaban J connectivity index is 1.92. The third-order valence-corrected chi connectivity index (χ3v) is 4.09. The molecule has 2 amide bonds. The minimum absolute atomic E-state index is 0.0892. The zero-order valence-electron chi connectivity index (χ0n) is 16.2. The van der Waals surface area contributed by atoms with Crippen LogP contribution in [-0.2, 0) is 16.1 Å². The highest BCUT2D eigenvalue weighted by Crippen LogP contribution is 2.04. The van der Waals surface area contributed by atoms with Crippen molar-refractivity contribution in [2.75, 3.05) is 6.61 Å². The second kappa shape index (κ2) is 11.9. The van der Waals surface area contributed by atoms with Gasteiger partial charge in [-0.3, -0.25) is 14.6 Å². The minimum atomic E-state index is -1.81. The number of rotatable bonds is 11. The van der Waals surface area contributed by atoms with Crippen LogP contribution in [0.5, 0.6) is 0 Å². The predicted octanol–water partition coefficient (Wildman–Crippen LogP) is 0.0887. The van der Waals surface area contributed by atoms with Crippen LogP contribution in [0.1, 0.15) is 35.8 Å². The summed E-state index contributed by atoms with van der Waals surface area (Å²) in [7, 11) is -1.81. The van der Waals surface area contributed by atoms with Crippen molar-refractivity contribution in [2.24, 2.45) is 0 Å². The molecule has 0 spiro atoms. The highest BCUT2D eigenvalue weighted by atomic mass is 16.5. The lowest BCUT2D eigenvalue weighted by Crippen LogP contribution is -2.55. The Morgan fingerprint density at radius 1 is 1.17 bits per heavy atom. The Morgan fingerprint density at radius 3 is 2.55 bits per heavy atom. The molecule has 2 unspecified atom stereocenters. The maximum Gasteiger partial charge on any atom is 0.477 e. The van der Waals surface area contributed by atoms with E-state index in [1.165, 1.54) is 18.6 Å². The number of hydrogen-bond acceptors (Lipinski definition) is 7. The van der Waals surface area contributed by atoms with Crippen LogP contribution in [0.25, 0.3) is 0 Å². The molecule has 0 aliphatic heterocycles. The summed E-state index contributed by atoms with van der Waals surface area (Å²) in [6.45, 7) is 2.03. The molecule has 1 heterocycles. The molecule has 0 radical (unpaired) electrons. The quantitative estimate of drug-likeness (QED) is 0.393. The van der Waals surface area contributed by atoms with Crippen LogP contribution in [0.15, 0.2) is 48.9 Å². The van der Waals surface area contributed by atoms with E-state index in [9.17, 15) is 19.6 Å². The van der Waals surface area contributed by atoms with Gasteiger partial charge in [-0.25, -0.2) is 4.98 Å². The van der Waals surface area contributed by atoms with Crippen molar-refractivity contribution in [1.29, 1.82) is 0 Å². The SMILES string of the molecule is CCCC(NC(=O)c1cnccn1)C(=O)NC(COCc1ccccc1)B(O)O. The Kier molecular flexibility index (Phi) is 9.22. The topological polar surface area (TPSA) is 134 Å². The second-order valence-corrected chi connectivity index (χ2v) is 6.43. The Morgan fingerprint density at radius 2 is 1.93 bits per heavy atom. The molecule has 1 aromatic carbocycles. The molecular formula is C19H25BN4O5. The number of benzene rings is 1. The summed E-state index contributed by atoms with van der Waals surface area (Å²) in [5.41, 5.74) is 1.01. The fraction of sp³-hybridized carbons (Fsp3) is 0.368. The molecule has 10 heteroatoms. The van der Waals surface area contributed by atoms with Gasteiger partial charge in [0.2, 0.25) is 5.91 Å². The number of nitrogens with zero attached hydrogens (tertiary/aromatic N) is 2. The molecular weight excluding hydrogens is 375 g/mol. The molecule has 4 N–H and O–H groups in total. The molecule has 0 aliphatic rings. The fourth-order valence-corrected chi connectivity index (χ4v) is 2.57. The lowest BCUT2D eigenvalue weighted by Gasteiger charge is -2.22. The van der Waals surface area contributed by atoms with Crippen molar-refractivity contribution in [2.45, 2.75) is 38.4 Å². The highest BCUT2D eigenvalue weighted by molar-refractivity contribution is 6.43. The van der Waals surface area contributed by atoms with Gasteiger partial charge in [-0.05, 0) is 12.0 Å². The molecule has 9 nitrogen and oxygen atoms in total. The number of carbonyl (C=O) groups is 2. The number of ether oxygens (including phenoxy) is 1. The molecule has 2 atom stereocenters. The number of nitrogens with one attached hydrogen (secondary N) is 2. The van der Waals surface area contributed by atoms with E-state index in [4.69, 9.17) is 4.74 Å². The Hall–Kier alpha value is -2.82. The summed E-state index contributed by atoms with van der Waals surface area (Å²) in [5, 5.41) is 24.3. The van der Waals surface area contributed by atoms with Crippen molar-refractivity contribution in [3.8, 4) is 0 Å². The maximum absolute atomic E-state index is 12.6. The van der Waals surface area contributed by atoms with E-state index in [1.54, 1.807) is 0 Å². The van der Waals surface area contributed by atoms with Crippen LogP contribution in [0.3, 0.4) is 0 Å². The molecule has 0 fully saturated rings. The van der Waals surface area contributed by atoms with Crippen LogP contribution < -0.4 is 10.6 Å². The predicted molar refractivity (Wildman–Crippen MR) is 106 cm³/mol. The van der Waals surface area contributed by atoms with Gasteiger partial charge >= 0.3 is 7.12 Å². The number of carbonyl (C=O) groups excluding carboxylic acids is 2. The van der Waals surface area contributed by atoms with E-state index in [0.717, 1.165) is 5.56 Å². The third kappa shape index (κ3) is 7.61. The number of hydrogen-bond donors (Lipinski definition) is 4. The molecule has 0 saturated heterocycles. The van der Waals surface area contributed by atoms with E-state index in [-0.39, 0.29) is 18.9 Å². The van der Waals surface area contributed by atoms with Gasteiger partial charge in [0.15, 0.2) is 0 Å². The first-order valence-corrected chi connectivity index (χ1v) is 9.36. The van der Waals surface area contributed by atoms with Crippen LogP contribution in [0.2, 0.25) is 0 Å². The summed E-state index contributed by atoms with van der Waals surface area (Å²) >= 11 is 0. The first-order chi connectivity index (χ1) is 14.0. The van der Waals surface area contributed by atoms with E-state index >= 15 is 0 Å². The van der Waals surface area contributed by atoms with E-state index < -0.39 is 30.9 Å². The van der Waals surface area contributed by atoms with Crippen molar-refractivity contribution < 1.29 is 24.4 Å². The van der Waals surface area contributed by atoms with Crippen molar-refractivity contribution in [3.05, 3.63) is 60.2 Å². The standard InChI is InChI=1S/C19H25BN4O5/c1-2-6-15(23-19(26)16-11-21-9-10-22-16)18(25)24-17(20(27)28)13-29-12-14-7-4-3-5-8-14/h3-5,7-11,15,17,27-28H,2,6,12-13H2,1H3,(H,23,26)(H,24,25). The van der Waals surface area contributed by atoms with E-state index in [1.807, 2.05) is 37.3 Å². The summed E-state index contributed by atoms with van der Waals surface area (Å²) in [6.07, 6.45) is 5.13. The third-order valence-electron chi connectivity index (χ3n) is 4.09. The van der Waals surface area contributed by atoms with Gasteiger partial charge in [0.1, 0.15) is 11.7 Å². The van der Waals surface area contributed by atoms with Gasteiger partial charge < -0.3 is 25.4 Å². The lowest BCUT2D eigenvalue weighted by atomic mass is 9.80. The smallest absolute Gasteiger partial charge is 0.426 e. The van der Waals surface area contributed by atoms with Crippen LogP contribution in [0.4, 0.5) is 0 Å². The summed E-state index contributed by atoms with van der Waals surface area (Å²) in [6, 6.07) is 8.52. The van der Waals surface area contributed by atoms with Gasteiger partial charge in [0.25, 0.3) is 5.91 Å². The molecule has 2 rings (SSSR count). The maximum atomic E-state index is 12.6. The van der Waals surface area contributed by atoms with Gasteiger partial charge in [-0.2, -0.15) is 0 Å². The zero-order chi connectivity index (χ0) is 21.1. The molecule has 0 saturated carbocycles. The minimum Gasteiger partial charge on any atom is -0.426 e. The average molecular weight is 400 g/mol. The molecule has 154 valence electrons. The fourth-order valence-electron chi connectivity index (χ4n) is 2.57. The van der Waals surface area contributed by atoms with Crippen molar-refractivity contribution in [1.82, 2.24) is 20.6 Å². The van der Waals surface area contributed by atoms with Gasteiger partial charge in [-0.1, -0.05) is 43.7 Å². The lowest BCUT2D eigenvalue weighted by molar-refractivity contribution is -0.124. The van der Waals surface area contributed by atoms with Crippen molar-refractivity contribution >= 4 is 18.9 Å². The normalized spacial score (nSPS) is 12.7. The Bertz CT molecular complexity index is 764. The van der Waals surface area contributed by atoms with Crippen LogP contribution in [0, 0.1) is 0 Å². The molecule has 0 aliphatic carbocycles. The van der Waals surface area contributed by atoms with Gasteiger partial charge in [-0.15, -0.1) is 0 Å². The largest absolute Gasteiger partial charge is 0.477 e. The second-order valence-electron chi connectivity index (χ2n) is 6.43. The first-order valence-electron chi connectivity index (χ1n) is 9.36. The summed E-state index contributed by atoms with van der Waals surface area (Å²) < 4.78 is 5.49. The summed E-state index contributed by atoms with van der Waals surface area (Å²) in [5.74, 6) is -2.11. The van der Waals surface area contributed by atoms with Crippen molar-refractivity contribution in [3.63, 3.8) is 0 Å². The molecule has 29 heavy (non-hydrogen) atoms.